The molecule has 1 fully saturated rings. The van der Waals surface area contributed by atoms with Crippen LogP contribution >= 0.6 is 11.8 Å². The third-order valence-electron chi connectivity index (χ3n) is 2.98. The van der Waals surface area contributed by atoms with Crippen molar-refractivity contribution in [3.05, 3.63) is 23.7 Å². The zero-order chi connectivity index (χ0) is 12.8. The highest BCUT2D eigenvalue weighted by Gasteiger charge is 2.16. The highest BCUT2D eigenvalue weighted by molar-refractivity contribution is 7.99. The molecule has 0 radical (unpaired) electrons. The molecule has 1 aromatic rings. The van der Waals surface area contributed by atoms with E-state index in [0.717, 1.165) is 31.7 Å². The van der Waals surface area contributed by atoms with Crippen molar-refractivity contribution in [2.24, 2.45) is 0 Å². The summed E-state index contributed by atoms with van der Waals surface area (Å²) in [6.07, 6.45) is 4.17. The van der Waals surface area contributed by atoms with Gasteiger partial charge in [-0.25, -0.2) is 0 Å². The Hall–Kier alpha value is -1.23. The van der Waals surface area contributed by atoms with Crippen LogP contribution in [0.4, 0.5) is 0 Å². The first-order chi connectivity index (χ1) is 8.79. The summed E-state index contributed by atoms with van der Waals surface area (Å²) in [5.41, 5.74) is 0. The summed E-state index contributed by atoms with van der Waals surface area (Å²) in [5, 5.41) is 0. The minimum absolute atomic E-state index is 0.210. The number of hydrogen-bond donors (Lipinski definition) is 0. The van der Waals surface area contributed by atoms with E-state index in [2.05, 4.69) is 0 Å². The fraction of sp³-hybridized carbons (Fsp3) is 0.538. The predicted molar refractivity (Wildman–Crippen MR) is 70.7 cm³/mol. The normalized spacial score (nSPS) is 15.7. The fourth-order valence-corrected chi connectivity index (χ4v) is 2.82. The van der Waals surface area contributed by atoms with E-state index in [1.807, 2.05) is 4.90 Å². The second-order valence-electron chi connectivity index (χ2n) is 4.36. The highest BCUT2D eigenvalue weighted by atomic mass is 32.2. The van der Waals surface area contributed by atoms with Gasteiger partial charge in [0.05, 0.1) is 11.5 Å². The maximum absolute atomic E-state index is 11.9. The first-order valence-corrected chi connectivity index (χ1v) is 7.34. The molecule has 18 heavy (non-hydrogen) atoms. The van der Waals surface area contributed by atoms with Crippen LogP contribution in [0.3, 0.4) is 0 Å². The average molecular weight is 267 g/mol. The Balaban J connectivity index is 1.71. The van der Waals surface area contributed by atoms with E-state index >= 15 is 0 Å². The van der Waals surface area contributed by atoms with E-state index in [0.29, 0.717) is 23.6 Å². The van der Waals surface area contributed by atoms with Crippen molar-refractivity contribution in [2.75, 3.05) is 18.8 Å². The number of rotatable bonds is 5. The molecule has 98 valence electrons. The lowest BCUT2D eigenvalue weighted by atomic mass is 10.1. The van der Waals surface area contributed by atoms with E-state index in [1.165, 1.54) is 18.2 Å². The summed E-state index contributed by atoms with van der Waals surface area (Å²) in [6, 6.07) is 3.43. The van der Waals surface area contributed by atoms with Crippen LogP contribution in [0.1, 0.15) is 35.6 Å². The van der Waals surface area contributed by atoms with Gasteiger partial charge >= 0.3 is 0 Å². The standard InChI is InChI=1S/C13H17NO3S/c15-8-11-4-5-12(17-11)9-18-10-13(16)14-6-2-1-3-7-14/h4-5,8H,1-3,6-7,9-10H2. The molecular weight excluding hydrogens is 250 g/mol. The van der Waals surface area contributed by atoms with Crippen LogP contribution in [-0.4, -0.2) is 35.9 Å². The summed E-state index contributed by atoms with van der Waals surface area (Å²) in [5.74, 6) is 2.41. The second-order valence-corrected chi connectivity index (χ2v) is 5.34. The van der Waals surface area contributed by atoms with Crippen LogP contribution in [0.25, 0.3) is 0 Å². The Morgan fingerprint density at radius 2 is 2.11 bits per heavy atom. The molecule has 1 aliphatic rings. The van der Waals surface area contributed by atoms with Gasteiger partial charge in [-0.3, -0.25) is 9.59 Å². The van der Waals surface area contributed by atoms with Gasteiger partial charge in [-0.1, -0.05) is 0 Å². The van der Waals surface area contributed by atoms with Crippen LogP contribution in [0, 0.1) is 0 Å². The molecular formula is C13H17NO3S. The van der Waals surface area contributed by atoms with E-state index in [4.69, 9.17) is 4.42 Å². The van der Waals surface area contributed by atoms with Gasteiger partial charge in [0.2, 0.25) is 5.91 Å². The molecule has 0 bridgehead atoms. The van der Waals surface area contributed by atoms with Gasteiger partial charge in [0.25, 0.3) is 0 Å². The largest absolute Gasteiger partial charge is 0.457 e. The van der Waals surface area contributed by atoms with E-state index in [9.17, 15) is 9.59 Å². The lowest BCUT2D eigenvalue weighted by Gasteiger charge is -2.26. The maximum atomic E-state index is 11.9. The van der Waals surface area contributed by atoms with Gasteiger partial charge in [-0.15, -0.1) is 11.8 Å². The van der Waals surface area contributed by atoms with Crippen LogP contribution in [-0.2, 0) is 10.5 Å². The molecule has 0 atom stereocenters. The number of furan rings is 1. The van der Waals surface area contributed by atoms with Gasteiger partial charge in [0.1, 0.15) is 5.76 Å². The van der Waals surface area contributed by atoms with Crippen molar-refractivity contribution in [3.8, 4) is 0 Å². The average Bonchev–Trinajstić information content (AvgIpc) is 2.87. The predicted octanol–water partition coefficient (Wildman–Crippen LogP) is 2.34. The third-order valence-corrected chi connectivity index (χ3v) is 3.92. The number of likely N-dealkylation sites (tertiary alicyclic amines) is 1. The van der Waals surface area contributed by atoms with E-state index in [1.54, 1.807) is 12.1 Å². The van der Waals surface area contributed by atoms with Crippen LogP contribution < -0.4 is 0 Å². The molecule has 4 nitrogen and oxygen atoms in total. The molecule has 2 rings (SSSR count). The fourth-order valence-electron chi connectivity index (χ4n) is 2.01. The van der Waals surface area contributed by atoms with Gasteiger partial charge in [0, 0.05) is 13.1 Å². The summed E-state index contributed by atoms with van der Waals surface area (Å²) in [7, 11) is 0. The molecule has 0 saturated carbocycles. The molecule has 1 aliphatic heterocycles. The lowest BCUT2D eigenvalue weighted by molar-refractivity contribution is -0.129. The number of hydrogen-bond acceptors (Lipinski definition) is 4. The minimum atomic E-state index is 0.210. The van der Waals surface area contributed by atoms with Gasteiger partial charge < -0.3 is 9.32 Å². The molecule has 2 heterocycles. The summed E-state index contributed by atoms with van der Waals surface area (Å²) >= 11 is 1.53. The van der Waals surface area contributed by atoms with Crippen molar-refractivity contribution in [1.29, 1.82) is 0 Å². The Morgan fingerprint density at radius 1 is 1.33 bits per heavy atom. The molecule has 1 amide bonds. The van der Waals surface area contributed by atoms with Gasteiger partial charge in [-0.2, -0.15) is 0 Å². The van der Waals surface area contributed by atoms with Gasteiger partial charge in [0.15, 0.2) is 12.0 Å². The zero-order valence-corrected chi connectivity index (χ0v) is 11.1. The van der Waals surface area contributed by atoms with Crippen LogP contribution in [0.2, 0.25) is 0 Å². The minimum Gasteiger partial charge on any atom is -0.457 e. The van der Waals surface area contributed by atoms with Crippen LogP contribution in [0.15, 0.2) is 16.5 Å². The van der Waals surface area contributed by atoms with E-state index in [-0.39, 0.29) is 5.91 Å². The number of carbonyl (C=O) groups is 2. The Labute approximate surface area is 111 Å². The quantitative estimate of drug-likeness (QED) is 0.768. The van der Waals surface area contributed by atoms with Crippen molar-refractivity contribution in [2.45, 2.75) is 25.0 Å². The van der Waals surface area contributed by atoms with Crippen molar-refractivity contribution < 1.29 is 14.0 Å². The zero-order valence-electron chi connectivity index (χ0n) is 10.3. The molecule has 0 spiro atoms. The molecule has 1 saturated heterocycles. The number of piperidine rings is 1. The molecule has 1 aromatic heterocycles. The third kappa shape index (κ3) is 3.63. The topological polar surface area (TPSA) is 50.5 Å². The monoisotopic (exact) mass is 267 g/mol. The molecule has 0 aliphatic carbocycles. The Kier molecular flexibility index (Phi) is 4.87. The summed E-state index contributed by atoms with van der Waals surface area (Å²) in [4.78, 5) is 24.3. The first kappa shape index (κ1) is 13.2. The Bertz CT molecular complexity index is 410. The summed E-state index contributed by atoms with van der Waals surface area (Å²) < 4.78 is 5.25. The first-order valence-electron chi connectivity index (χ1n) is 6.19. The van der Waals surface area contributed by atoms with Gasteiger partial charge in [-0.05, 0) is 31.4 Å². The molecule has 0 unspecified atom stereocenters. The highest BCUT2D eigenvalue weighted by Crippen LogP contribution is 2.16. The molecule has 5 heteroatoms. The molecule has 0 N–H and O–H groups in total. The van der Waals surface area contributed by atoms with Crippen molar-refractivity contribution in [3.63, 3.8) is 0 Å². The lowest BCUT2D eigenvalue weighted by Crippen LogP contribution is -2.36. The number of aldehydes is 1. The number of amides is 1. The number of nitrogens with zero attached hydrogens (tertiary/aromatic N) is 1. The van der Waals surface area contributed by atoms with Crippen LogP contribution in [0.5, 0.6) is 0 Å². The smallest absolute Gasteiger partial charge is 0.232 e. The SMILES string of the molecule is O=Cc1ccc(CSCC(=O)N2CCCCC2)o1. The maximum Gasteiger partial charge on any atom is 0.232 e. The molecule has 0 aromatic carbocycles. The second kappa shape index (κ2) is 6.64. The van der Waals surface area contributed by atoms with Crippen molar-refractivity contribution >= 4 is 24.0 Å². The Morgan fingerprint density at radius 3 is 2.78 bits per heavy atom. The number of carbonyl (C=O) groups excluding carboxylic acids is 2. The summed E-state index contributed by atoms with van der Waals surface area (Å²) in [6.45, 7) is 1.80. The number of thioether (sulfide) groups is 1. The van der Waals surface area contributed by atoms with E-state index < -0.39 is 0 Å². The van der Waals surface area contributed by atoms with Crippen molar-refractivity contribution in [1.82, 2.24) is 4.90 Å².